The van der Waals surface area contributed by atoms with Gasteiger partial charge >= 0.3 is 40.8 Å². The summed E-state index contributed by atoms with van der Waals surface area (Å²) in [5.41, 5.74) is 0.290. The van der Waals surface area contributed by atoms with Crippen LogP contribution in [0.2, 0.25) is 0 Å². The Bertz CT molecular complexity index is 1340. The summed E-state index contributed by atoms with van der Waals surface area (Å²) in [6.07, 6.45) is 0. The van der Waals surface area contributed by atoms with E-state index < -0.39 is 0 Å². The maximum atomic E-state index is 11.2. The molecular weight excluding hydrogens is 833 g/mol. The zero-order valence-corrected chi connectivity index (χ0v) is 31.5. The summed E-state index contributed by atoms with van der Waals surface area (Å²) in [5.74, 6) is 1.78. The zero-order chi connectivity index (χ0) is 29.8. The topological polar surface area (TPSA) is 116 Å². The number of hydrogen-bond acceptors (Lipinski definition) is 10. The van der Waals surface area contributed by atoms with Crippen LogP contribution in [0, 0.1) is 0 Å². The van der Waals surface area contributed by atoms with E-state index in [-0.39, 0.29) is 64.8 Å². The van der Waals surface area contributed by atoms with Gasteiger partial charge in [0.05, 0.1) is 52.9 Å². The van der Waals surface area contributed by atoms with Crippen LogP contribution >= 0.6 is 34.2 Å². The van der Waals surface area contributed by atoms with E-state index in [1.807, 2.05) is 24.3 Å². The van der Waals surface area contributed by atoms with Crippen LogP contribution in [0.3, 0.4) is 0 Å². The van der Waals surface area contributed by atoms with E-state index in [0.717, 1.165) is 21.8 Å². The first-order valence-electron chi connectivity index (χ1n) is 13.4. The summed E-state index contributed by atoms with van der Waals surface area (Å²) in [5, 5.41) is 1.72. The molecular formula is C30H34ClI2NaO10. The molecule has 0 N–H and O–H groups in total. The quantitative estimate of drug-likeness (QED) is 0.0410. The van der Waals surface area contributed by atoms with E-state index in [1.54, 1.807) is 24.3 Å². The van der Waals surface area contributed by atoms with Gasteiger partial charge in [0.25, 0.3) is 0 Å². The first-order chi connectivity index (χ1) is 20.6. The van der Waals surface area contributed by atoms with Crippen LogP contribution in [0.15, 0.2) is 79.1 Å². The smallest absolute Gasteiger partial charge is 1.00 e. The normalized spacial score (nSPS) is 10.4. The number of alkyl halides is 2. The summed E-state index contributed by atoms with van der Waals surface area (Å²) >= 11 is 7.73. The van der Waals surface area contributed by atoms with Gasteiger partial charge < -0.3 is 61.2 Å². The van der Waals surface area contributed by atoms with Gasteiger partial charge in [-0.05, 0) is 36.4 Å². The molecule has 0 saturated carbocycles. The summed E-state index contributed by atoms with van der Waals surface area (Å²) in [6.45, 7) is 5.28. The molecule has 0 aliphatic heterocycles. The van der Waals surface area contributed by atoms with E-state index in [0.29, 0.717) is 88.0 Å². The third kappa shape index (κ3) is 16.6. The molecule has 0 saturated heterocycles. The fourth-order valence-electron chi connectivity index (χ4n) is 3.45. The van der Waals surface area contributed by atoms with Gasteiger partial charge in [0.2, 0.25) is 0 Å². The fourth-order valence-corrected chi connectivity index (χ4v) is 3.87. The Kier molecular flexibility index (Phi) is 23.5. The molecule has 2 heterocycles. The largest absolute Gasteiger partial charge is 1.00 e. The minimum absolute atomic E-state index is 0. The van der Waals surface area contributed by atoms with Gasteiger partial charge in [0.1, 0.15) is 35.9 Å². The molecule has 4 aromatic rings. The summed E-state index contributed by atoms with van der Waals surface area (Å²) in [6, 6.07) is 17.0. The Labute approximate surface area is 313 Å². The van der Waals surface area contributed by atoms with Crippen molar-refractivity contribution in [2.24, 2.45) is 0 Å². The van der Waals surface area contributed by atoms with E-state index in [1.165, 1.54) is 12.1 Å². The molecule has 0 amide bonds. The molecule has 0 bridgehead atoms. The van der Waals surface area contributed by atoms with Crippen LogP contribution < -0.4 is 74.3 Å². The van der Waals surface area contributed by atoms with Crippen LogP contribution in [-0.2, 0) is 18.9 Å². The van der Waals surface area contributed by atoms with Crippen LogP contribution in [0.1, 0.15) is 0 Å². The zero-order valence-electron chi connectivity index (χ0n) is 24.5. The molecule has 44 heavy (non-hydrogen) atoms. The van der Waals surface area contributed by atoms with E-state index in [9.17, 15) is 9.59 Å². The van der Waals surface area contributed by atoms with E-state index in [2.05, 4.69) is 22.6 Å². The van der Waals surface area contributed by atoms with Gasteiger partial charge in [-0.1, -0.05) is 22.6 Å². The molecule has 0 fully saturated rings. The maximum Gasteiger partial charge on any atom is 1.00 e. The first kappa shape index (κ1) is 41.1. The molecule has 0 atom stereocenters. The number of ether oxygens (including phenoxy) is 6. The summed E-state index contributed by atoms with van der Waals surface area (Å²) < 4.78 is 43.4. The number of halogens is 3. The second-order valence-corrected chi connectivity index (χ2v) is 9.89. The number of hydrogen-bond donors (Lipinski definition) is 0. The molecule has 0 aliphatic carbocycles. The molecule has 4 rings (SSSR count). The predicted octanol–water partition coefficient (Wildman–Crippen LogP) is -0.908. The van der Waals surface area contributed by atoms with Crippen LogP contribution in [0.25, 0.3) is 21.9 Å². The van der Waals surface area contributed by atoms with Gasteiger partial charge in [-0.15, -0.1) is 11.6 Å². The average Bonchev–Trinajstić information content (AvgIpc) is 2.99. The Morgan fingerprint density at radius 1 is 0.568 bits per heavy atom. The molecule has 0 aliphatic rings. The molecule has 236 valence electrons. The van der Waals surface area contributed by atoms with E-state index in [4.69, 9.17) is 48.9 Å². The van der Waals surface area contributed by atoms with Gasteiger partial charge in [-0.3, -0.25) is 0 Å². The summed E-state index contributed by atoms with van der Waals surface area (Å²) in [4.78, 5) is 22.3. The molecule has 0 unspecified atom stereocenters. The predicted molar refractivity (Wildman–Crippen MR) is 169 cm³/mol. The SMILES string of the molecule is O=c1ccc2ccc(OCCOCCOCCCl)cc2o1.O=c1ccc2ccc(OCCOCCOCCI)cc2o1.[I-].[Na+]. The van der Waals surface area contributed by atoms with Crippen LogP contribution in [0.5, 0.6) is 11.5 Å². The monoisotopic (exact) mass is 866 g/mol. The maximum absolute atomic E-state index is 11.2. The van der Waals surface area contributed by atoms with E-state index >= 15 is 0 Å². The number of rotatable bonds is 18. The minimum Gasteiger partial charge on any atom is -1.00 e. The Morgan fingerprint density at radius 3 is 1.39 bits per heavy atom. The molecule has 0 radical (unpaired) electrons. The molecule has 0 spiro atoms. The second kappa shape index (κ2) is 25.2. The minimum atomic E-state index is -0.375. The van der Waals surface area contributed by atoms with Gasteiger partial charge in [-0.25, -0.2) is 9.59 Å². The number of fused-ring (bicyclic) bond motifs is 2. The standard InChI is InChI=1S/C15H17ClO5.C15H17IO5.HI.Na/c2*16-5-6-18-7-8-19-9-10-20-13-3-1-12-2-4-15(17)21-14(12)11-13;;/h2*1-4,11H,5-10H2;1H;/q;;;+1/p-1. The van der Waals surface area contributed by atoms with Crippen molar-refractivity contribution in [2.45, 2.75) is 0 Å². The van der Waals surface area contributed by atoms with Gasteiger partial charge in [-0.2, -0.15) is 0 Å². The Balaban J connectivity index is 0.000000421. The summed E-state index contributed by atoms with van der Waals surface area (Å²) in [7, 11) is 0. The first-order valence-corrected chi connectivity index (χ1v) is 15.4. The van der Waals surface area contributed by atoms with Gasteiger partial charge in [0.15, 0.2) is 0 Å². The number of benzene rings is 2. The van der Waals surface area contributed by atoms with Gasteiger partial charge in [0, 0.05) is 45.3 Å². The molecule has 2 aromatic heterocycles. The Hall–Kier alpha value is -0.950. The Morgan fingerprint density at radius 2 is 0.955 bits per heavy atom. The molecule has 10 nitrogen and oxygen atoms in total. The second-order valence-electron chi connectivity index (χ2n) is 8.43. The third-order valence-electron chi connectivity index (χ3n) is 5.37. The van der Waals surface area contributed by atoms with Crippen molar-refractivity contribution >= 4 is 56.1 Å². The van der Waals surface area contributed by atoms with Crippen molar-refractivity contribution in [3.8, 4) is 11.5 Å². The van der Waals surface area contributed by atoms with Crippen molar-refractivity contribution in [1.29, 1.82) is 0 Å². The molecule has 2 aromatic carbocycles. The van der Waals surface area contributed by atoms with Crippen molar-refractivity contribution in [1.82, 2.24) is 0 Å². The van der Waals surface area contributed by atoms with Crippen molar-refractivity contribution in [3.63, 3.8) is 0 Å². The van der Waals surface area contributed by atoms with Crippen molar-refractivity contribution < 1.29 is 90.8 Å². The average molecular weight is 867 g/mol. The molecule has 14 heteroatoms. The van der Waals surface area contributed by atoms with Crippen LogP contribution in [-0.4, -0.2) is 76.4 Å². The third-order valence-corrected chi connectivity index (χ3v) is 5.96. The van der Waals surface area contributed by atoms with Crippen LogP contribution in [0.4, 0.5) is 0 Å². The van der Waals surface area contributed by atoms with Crippen molar-refractivity contribution in [2.75, 3.05) is 76.4 Å². The fraction of sp³-hybridized carbons (Fsp3) is 0.400. The van der Waals surface area contributed by atoms with Crippen molar-refractivity contribution in [3.05, 3.63) is 81.5 Å².